The second-order valence-electron chi connectivity index (χ2n) is 5.61. The lowest BCUT2D eigenvalue weighted by Gasteiger charge is -2.32. The minimum Gasteiger partial charge on any atom is -0.484 e. The van der Waals surface area contributed by atoms with Crippen molar-refractivity contribution in [2.45, 2.75) is 19.8 Å². The van der Waals surface area contributed by atoms with E-state index < -0.39 is 0 Å². The van der Waals surface area contributed by atoms with Gasteiger partial charge >= 0.3 is 0 Å². The molecule has 1 N–H and O–H groups in total. The number of halogens is 1. The van der Waals surface area contributed by atoms with Crippen molar-refractivity contribution in [3.05, 3.63) is 28.8 Å². The molecule has 1 aromatic carbocycles. The Kier molecular flexibility index (Phi) is 5.88. The Labute approximate surface area is 131 Å². The van der Waals surface area contributed by atoms with Gasteiger partial charge in [0, 0.05) is 18.1 Å². The molecule has 0 radical (unpaired) electrons. The van der Waals surface area contributed by atoms with Crippen LogP contribution in [0.3, 0.4) is 0 Å². The molecule has 0 bridgehead atoms. The first-order valence-electron chi connectivity index (χ1n) is 7.41. The zero-order chi connectivity index (χ0) is 15.2. The molecule has 1 atom stereocenters. The largest absolute Gasteiger partial charge is 0.484 e. The molecule has 21 heavy (non-hydrogen) atoms. The fourth-order valence-corrected chi connectivity index (χ4v) is 2.81. The third-order valence-corrected chi connectivity index (χ3v) is 4.28. The second-order valence-corrected chi connectivity index (χ2v) is 6.01. The Morgan fingerprint density at radius 2 is 2.33 bits per heavy atom. The highest BCUT2D eigenvalue weighted by Gasteiger charge is 2.23. The van der Waals surface area contributed by atoms with Crippen LogP contribution in [0.4, 0.5) is 0 Å². The SMILES string of the molecule is CNCC1CCCN(C(=O)COc2ccc(Cl)c(C)c2)C1. The van der Waals surface area contributed by atoms with E-state index in [1.807, 2.05) is 24.9 Å². The summed E-state index contributed by atoms with van der Waals surface area (Å²) < 4.78 is 5.59. The number of aryl methyl sites for hydroxylation is 1. The zero-order valence-electron chi connectivity index (χ0n) is 12.7. The Balaban J connectivity index is 1.84. The van der Waals surface area contributed by atoms with Crippen LogP contribution in [0.15, 0.2) is 18.2 Å². The van der Waals surface area contributed by atoms with Crippen molar-refractivity contribution in [1.29, 1.82) is 0 Å². The summed E-state index contributed by atoms with van der Waals surface area (Å²) >= 11 is 5.97. The fourth-order valence-electron chi connectivity index (χ4n) is 2.69. The van der Waals surface area contributed by atoms with Gasteiger partial charge in [0.2, 0.25) is 0 Å². The molecular weight excluding hydrogens is 288 g/mol. The number of benzene rings is 1. The highest BCUT2D eigenvalue weighted by molar-refractivity contribution is 6.31. The topological polar surface area (TPSA) is 41.6 Å². The van der Waals surface area contributed by atoms with Gasteiger partial charge in [0.25, 0.3) is 5.91 Å². The van der Waals surface area contributed by atoms with Crippen molar-refractivity contribution in [2.75, 3.05) is 33.3 Å². The fraction of sp³-hybridized carbons (Fsp3) is 0.562. The monoisotopic (exact) mass is 310 g/mol. The molecular formula is C16H23ClN2O2. The Bertz CT molecular complexity index is 491. The number of ether oxygens (including phenoxy) is 1. The number of hydrogen-bond acceptors (Lipinski definition) is 3. The van der Waals surface area contributed by atoms with Gasteiger partial charge in [-0.2, -0.15) is 0 Å². The van der Waals surface area contributed by atoms with Gasteiger partial charge < -0.3 is 15.0 Å². The quantitative estimate of drug-likeness (QED) is 0.908. The van der Waals surface area contributed by atoms with Crippen LogP contribution in [0.1, 0.15) is 18.4 Å². The predicted octanol–water partition coefficient (Wildman–Crippen LogP) is 2.49. The van der Waals surface area contributed by atoms with Crippen molar-refractivity contribution in [1.82, 2.24) is 10.2 Å². The van der Waals surface area contributed by atoms with Crippen molar-refractivity contribution in [3.8, 4) is 5.75 Å². The van der Waals surface area contributed by atoms with E-state index in [0.717, 1.165) is 31.6 Å². The molecule has 1 heterocycles. The molecule has 0 saturated carbocycles. The number of amides is 1. The van der Waals surface area contributed by atoms with E-state index in [9.17, 15) is 4.79 Å². The maximum absolute atomic E-state index is 12.2. The van der Waals surface area contributed by atoms with Gasteiger partial charge in [-0.3, -0.25) is 4.79 Å². The lowest BCUT2D eigenvalue weighted by molar-refractivity contribution is -0.135. The minimum absolute atomic E-state index is 0.0587. The summed E-state index contributed by atoms with van der Waals surface area (Å²) in [6.45, 7) is 4.63. The van der Waals surface area contributed by atoms with E-state index in [0.29, 0.717) is 16.7 Å². The number of hydrogen-bond donors (Lipinski definition) is 1. The van der Waals surface area contributed by atoms with Crippen LogP contribution in [0.25, 0.3) is 0 Å². The maximum atomic E-state index is 12.2. The molecule has 5 heteroatoms. The third kappa shape index (κ3) is 4.61. The van der Waals surface area contributed by atoms with Crippen molar-refractivity contribution in [2.24, 2.45) is 5.92 Å². The highest BCUT2D eigenvalue weighted by Crippen LogP contribution is 2.21. The number of carbonyl (C=O) groups is 1. The molecule has 2 rings (SSSR count). The average Bonchev–Trinajstić information content (AvgIpc) is 2.49. The standard InChI is InChI=1S/C16H23ClN2O2/c1-12-8-14(5-6-15(12)17)21-11-16(20)19-7-3-4-13(10-19)9-18-2/h5-6,8,13,18H,3-4,7,9-11H2,1-2H3. The molecule has 1 unspecified atom stereocenters. The number of likely N-dealkylation sites (tertiary alicyclic amines) is 1. The molecule has 0 aromatic heterocycles. The smallest absolute Gasteiger partial charge is 0.260 e. The van der Waals surface area contributed by atoms with Gasteiger partial charge in [0.1, 0.15) is 5.75 Å². The van der Waals surface area contributed by atoms with Gasteiger partial charge in [0.05, 0.1) is 0 Å². The summed E-state index contributed by atoms with van der Waals surface area (Å²) in [5, 5.41) is 3.89. The first-order chi connectivity index (χ1) is 10.1. The van der Waals surface area contributed by atoms with Gasteiger partial charge in [-0.1, -0.05) is 11.6 Å². The van der Waals surface area contributed by atoms with Gasteiger partial charge in [-0.15, -0.1) is 0 Å². The second kappa shape index (κ2) is 7.66. The predicted molar refractivity (Wildman–Crippen MR) is 84.9 cm³/mol. The molecule has 1 aliphatic rings. The van der Waals surface area contributed by atoms with E-state index in [1.165, 1.54) is 6.42 Å². The average molecular weight is 311 g/mol. The molecule has 0 aliphatic carbocycles. The number of rotatable bonds is 5. The molecule has 1 saturated heterocycles. The summed E-state index contributed by atoms with van der Waals surface area (Å²) in [6.07, 6.45) is 2.25. The van der Waals surface area contributed by atoms with Crippen LogP contribution in [0, 0.1) is 12.8 Å². The summed E-state index contributed by atoms with van der Waals surface area (Å²) in [7, 11) is 1.95. The summed E-state index contributed by atoms with van der Waals surface area (Å²) in [6, 6.07) is 5.44. The molecule has 116 valence electrons. The van der Waals surface area contributed by atoms with Crippen LogP contribution in [-0.2, 0) is 4.79 Å². The minimum atomic E-state index is 0.0587. The van der Waals surface area contributed by atoms with Crippen LogP contribution in [0.5, 0.6) is 5.75 Å². The van der Waals surface area contributed by atoms with Crippen molar-refractivity contribution < 1.29 is 9.53 Å². The van der Waals surface area contributed by atoms with E-state index in [1.54, 1.807) is 12.1 Å². The number of nitrogens with one attached hydrogen (secondary N) is 1. The molecule has 1 aliphatic heterocycles. The first-order valence-corrected chi connectivity index (χ1v) is 7.79. The van der Waals surface area contributed by atoms with E-state index in [2.05, 4.69) is 5.32 Å². The zero-order valence-corrected chi connectivity index (χ0v) is 13.4. The van der Waals surface area contributed by atoms with Crippen molar-refractivity contribution >= 4 is 17.5 Å². The Morgan fingerprint density at radius 3 is 3.05 bits per heavy atom. The molecule has 4 nitrogen and oxygen atoms in total. The molecule has 1 aromatic rings. The van der Waals surface area contributed by atoms with E-state index in [-0.39, 0.29) is 12.5 Å². The summed E-state index contributed by atoms with van der Waals surface area (Å²) in [5.74, 6) is 1.29. The van der Waals surface area contributed by atoms with Crippen LogP contribution >= 0.6 is 11.6 Å². The highest BCUT2D eigenvalue weighted by atomic mass is 35.5. The van der Waals surface area contributed by atoms with Gasteiger partial charge in [0.15, 0.2) is 6.61 Å². The van der Waals surface area contributed by atoms with Crippen LogP contribution < -0.4 is 10.1 Å². The van der Waals surface area contributed by atoms with E-state index >= 15 is 0 Å². The molecule has 1 amide bonds. The Morgan fingerprint density at radius 1 is 1.52 bits per heavy atom. The maximum Gasteiger partial charge on any atom is 0.260 e. The normalized spacial score (nSPS) is 18.6. The van der Waals surface area contributed by atoms with Gasteiger partial charge in [-0.05, 0) is 63.0 Å². The molecule has 1 fully saturated rings. The number of carbonyl (C=O) groups excluding carboxylic acids is 1. The van der Waals surface area contributed by atoms with E-state index in [4.69, 9.17) is 16.3 Å². The summed E-state index contributed by atoms with van der Waals surface area (Å²) in [5.41, 5.74) is 0.952. The first kappa shape index (κ1) is 16.1. The van der Waals surface area contributed by atoms with Gasteiger partial charge in [-0.25, -0.2) is 0 Å². The summed E-state index contributed by atoms with van der Waals surface area (Å²) in [4.78, 5) is 14.1. The van der Waals surface area contributed by atoms with Crippen LogP contribution in [0.2, 0.25) is 5.02 Å². The van der Waals surface area contributed by atoms with Crippen molar-refractivity contribution in [3.63, 3.8) is 0 Å². The third-order valence-electron chi connectivity index (χ3n) is 3.86. The number of nitrogens with zero attached hydrogens (tertiary/aromatic N) is 1. The molecule has 0 spiro atoms. The Hall–Kier alpha value is -1.26. The van der Waals surface area contributed by atoms with Crippen LogP contribution in [-0.4, -0.2) is 44.1 Å². The lowest BCUT2D eigenvalue weighted by Crippen LogP contribution is -2.44. The lowest BCUT2D eigenvalue weighted by atomic mass is 9.98. The number of piperidine rings is 1.